The van der Waals surface area contributed by atoms with Crippen molar-refractivity contribution < 1.29 is 9.53 Å². The van der Waals surface area contributed by atoms with Gasteiger partial charge in [0.05, 0.1) is 3.79 Å². The molecule has 0 aromatic carbocycles. The van der Waals surface area contributed by atoms with Crippen LogP contribution in [0.15, 0.2) is 15.2 Å². The van der Waals surface area contributed by atoms with Gasteiger partial charge >= 0.3 is 6.09 Å². The average molecular weight is 403 g/mol. The van der Waals surface area contributed by atoms with E-state index in [9.17, 15) is 4.79 Å². The van der Waals surface area contributed by atoms with Crippen molar-refractivity contribution in [1.82, 2.24) is 10.6 Å². The van der Waals surface area contributed by atoms with E-state index >= 15 is 0 Å². The van der Waals surface area contributed by atoms with Gasteiger partial charge in [0.25, 0.3) is 0 Å². The summed E-state index contributed by atoms with van der Waals surface area (Å²) >= 11 is 5.20. The minimum Gasteiger partial charge on any atom is -0.444 e. The van der Waals surface area contributed by atoms with E-state index in [0.717, 1.165) is 10.3 Å². The van der Waals surface area contributed by atoms with Crippen molar-refractivity contribution in [3.63, 3.8) is 0 Å². The molecule has 23 heavy (non-hydrogen) atoms. The minimum absolute atomic E-state index is 0.295. The quantitative estimate of drug-likeness (QED) is 0.725. The van der Waals surface area contributed by atoms with Gasteiger partial charge in [-0.25, -0.2) is 4.79 Å². The molecule has 1 aromatic heterocycles. The van der Waals surface area contributed by atoms with Crippen molar-refractivity contribution >= 4 is 33.4 Å². The van der Waals surface area contributed by atoms with Crippen LogP contribution in [0.2, 0.25) is 0 Å². The third-order valence-electron chi connectivity index (χ3n) is 4.02. The lowest BCUT2D eigenvalue weighted by Gasteiger charge is -2.26. The molecule has 1 aliphatic rings. The lowest BCUT2D eigenvalue weighted by molar-refractivity contribution is 0.0518. The maximum Gasteiger partial charge on any atom is 0.407 e. The highest BCUT2D eigenvalue weighted by Crippen LogP contribution is 2.28. The van der Waals surface area contributed by atoms with E-state index < -0.39 is 5.60 Å². The highest BCUT2D eigenvalue weighted by Gasteiger charge is 2.26. The van der Waals surface area contributed by atoms with Gasteiger partial charge in [0.2, 0.25) is 0 Å². The van der Waals surface area contributed by atoms with Crippen LogP contribution >= 0.6 is 27.3 Å². The summed E-state index contributed by atoms with van der Waals surface area (Å²) in [6, 6.07) is 2.44. The summed E-state index contributed by atoms with van der Waals surface area (Å²) in [5.74, 6) is 0.631. The van der Waals surface area contributed by atoms with E-state index in [1.165, 1.54) is 31.2 Å². The van der Waals surface area contributed by atoms with Gasteiger partial charge in [-0.3, -0.25) is 0 Å². The predicted molar refractivity (Wildman–Crippen MR) is 98.8 cm³/mol. The van der Waals surface area contributed by atoms with Crippen molar-refractivity contribution in [3.05, 3.63) is 20.8 Å². The molecule has 2 N–H and O–H groups in total. The zero-order valence-electron chi connectivity index (χ0n) is 14.2. The molecule has 6 heteroatoms. The van der Waals surface area contributed by atoms with Crippen LogP contribution in [-0.4, -0.2) is 24.3 Å². The van der Waals surface area contributed by atoms with E-state index in [1.54, 1.807) is 11.3 Å². The summed E-state index contributed by atoms with van der Waals surface area (Å²) in [6.45, 7) is 7.10. The van der Waals surface area contributed by atoms with Crippen molar-refractivity contribution in [2.45, 2.75) is 64.6 Å². The van der Waals surface area contributed by atoms with Crippen LogP contribution in [0.4, 0.5) is 4.79 Å². The summed E-state index contributed by atoms with van der Waals surface area (Å²) in [5.41, 5.74) is 0.825. The monoisotopic (exact) mass is 402 g/mol. The first-order valence-corrected chi connectivity index (χ1v) is 9.94. The fourth-order valence-corrected chi connectivity index (χ4v) is 4.17. The Kier molecular flexibility index (Phi) is 6.92. The van der Waals surface area contributed by atoms with Crippen LogP contribution in [0.25, 0.3) is 0 Å². The fourth-order valence-electron chi connectivity index (χ4n) is 2.96. The molecule has 1 atom stereocenters. The maximum absolute atomic E-state index is 11.9. The van der Waals surface area contributed by atoms with Gasteiger partial charge in [-0.05, 0) is 72.5 Å². The molecule has 1 aromatic rings. The number of hydrogen-bond donors (Lipinski definition) is 2. The molecular formula is C17H27BrN2O2S. The molecule has 4 nitrogen and oxygen atoms in total. The van der Waals surface area contributed by atoms with Crippen LogP contribution in [0.5, 0.6) is 0 Å². The Hall–Kier alpha value is -0.590. The molecule has 1 aliphatic carbocycles. The van der Waals surface area contributed by atoms with Gasteiger partial charge < -0.3 is 15.4 Å². The molecule has 1 heterocycles. The highest BCUT2D eigenvalue weighted by molar-refractivity contribution is 9.11. The molecule has 1 fully saturated rings. The van der Waals surface area contributed by atoms with E-state index in [4.69, 9.17) is 4.74 Å². The molecule has 0 radical (unpaired) electrons. The number of thiophene rings is 1. The standard InChI is InChI=1S/C17H27BrN2O2S/c1-17(2,3)22-16(21)20-10-14(13-6-4-5-7-13)19-9-12-8-15(18)23-11-12/h8,11,13-14,19H,4-7,9-10H2,1-3H3,(H,20,21). The van der Waals surface area contributed by atoms with Crippen LogP contribution in [0.1, 0.15) is 52.0 Å². The topological polar surface area (TPSA) is 50.4 Å². The molecule has 0 aliphatic heterocycles. The Morgan fingerprint density at radius 3 is 2.70 bits per heavy atom. The number of amides is 1. The van der Waals surface area contributed by atoms with E-state index in [-0.39, 0.29) is 6.09 Å². The Labute approximate surface area is 151 Å². The number of hydrogen-bond acceptors (Lipinski definition) is 4. The number of carbonyl (C=O) groups is 1. The molecule has 0 spiro atoms. The van der Waals surface area contributed by atoms with E-state index in [0.29, 0.717) is 18.5 Å². The van der Waals surface area contributed by atoms with Crippen molar-refractivity contribution in [2.24, 2.45) is 5.92 Å². The number of alkyl carbamates (subject to hydrolysis) is 1. The van der Waals surface area contributed by atoms with Gasteiger partial charge in [-0.2, -0.15) is 0 Å². The normalized spacial score (nSPS) is 17.2. The number of ether oxygens (including phenoxy) is 1. The summed E-state index contributed by atoms with van der Waals surface area (Å²) in [6.07, 6.45) is 4.72. The van der Waals surface area contributed by atoms with Crippen molar-refractivity contribution in [2.75, 3.05) is 6.54 Å². The molecule has 2 rings (SSSR count). The summed E-state index contributed by atoms with van der Waals surface area (Å²) in [4.78, 5) is 11.9. The van der Waals surface area contributed by atoms with Crippen LogP contribution in [0.3, 0.4) is 0 Å². The molecular weight excluding hydrogens is 376 g/mol. The lowest BCUT2D eigenvalue weighted by Crippen LogP contribution is -2.45. The molecule has 1 amide bonds. The van der Waals surface area contributed by atoms with Gasteiger partial charge in [-0.15, -0.1) is 11.3 Å². The lowest BCUT2D eigenvalue weighted by atomic mass is 9.98. The van der Waals surface area contributed by atoms with Gasteiger partial charge in [0, 0.05) is 19.1 Å². The third-order valence-corrected chi connectivity index (χ3v) is 5.58. The number of carbonyl (C=O) groups excluding carboxylic acids is 1. The van der Waals surface area contributed by atoms with Crippen LogP contribution in [-0.2, 0) is 11.3 Å². The second-order valence-electron chi connectivity index (χ2n) is 7.17. The Morgan fingerprint density at radius 2 is 2.13 bits per heavy atom. The second kappa shape index (κ2) is 8.49. The second-order valence-corrected chi connectivity index (χ2v) is 9.46. The predicted octanol–water partition coefficient (Wildman–Crippen LogP) is 4.68. The SMILES string of the molecule is CC(C)(C)OC(=O)NCC(NCc1csc(Br)c1)C1CCCC1. The minimum atomic E-state index is -0.455. The van der Waals surface area contributed by atoms with E-state index in [1.807, 2.05) is 20.8 Å². The Bertz CT molecular complexity index is 507. The smallest absolute Gasteiger partial charge is 0.407 e. The Morgan fingerprint density at radius 1 is 1.43 bits per heavy atom. The number of halogens is 1. The largest absolute Gasteiger partial charge is 0.444 e. The first kappa shape index (κ1) is 18.7. The first-order chi connectivity index (χ1) is 10.8. The van der Waals surface area contributed by atoms with Gasteiger partial charge in [0.15, 0.2) is 0 Å². The zero-order valence-corrected chi connectivity index (χ0v) is 16.6. The van der Waals surface area contributed by atoms with Crippen LogP contribution < -0.4 is 10.6 Å². The van der Waals surface area contributed by atoms with Crippen molar-refractivity contribution in [3.8, 4) is 0 Å². The number of rotatable bonds is 6. The molecule has 0 saturated heterocycles. The van der Waals surface area contributed by atoms with Crippen molar-refractivity contribution in [1.29, 1.82) is 0 Å². The molecule has 1 saturated carbocycles. The molecule has 1 unspecified atom stereocenters. The Balaban J connectivity index is 1.85. The summed E-state index contributed by atoms with van der Waals surface area (Å²) < 4.78 is 6.49. The zero-order chi connectivity index (χ0) is 16.9. The van der Waals surface area contributed by atoms with Crippen LogP contribution in [0, 0.1) is 5.92 Å². The number of nitrogens with one attached hydrogen (secondary N) is 2. The van der Waals surface area contributed by atoms with E-state index in [2.05, 4.69) is 38.0 Å². The molecule has 130 valence electrons. The van der Waals surface area contributed by atoms with Gasteiger partial charge in [-0.1, -0.05) is 12.8 Å². The maximum atomic E-state index is 11.9. The highest BCUT2D eigenvalue weighted by atomic mass is 79.9. The summed E-state index contributed by atoms with van der Waals surface area (Å²) in [7, 11) is 0. The van der Waals surface area contributed by atoms with Gasteiger partial charge in [0.1, 0.15) is 5.60 Å². The molecule has 0 bridgehead atoms. The average Bonchev–Trinajstić information content (AvgIpc) is 3.08. The fraction of sp³-hybridized carbons (Fsp3) is 0.706. The first-order valence-electron chi connectivity index (χ1n) is 8.26. The third kappa shape index (κ3) is 6.81. The summed E-state index contributed by atoms with van der Waals surface area (Å²) in [5, 5.41) is 8.71.